The van der Waals surface area contributed by atoms with Crippen molar-refractivity contribution < 1.29 is 9.18 Å². The molecule has 1 aromatic carbocycles. The molecule has 0 unspecified atom stereocenters. The molecule has 1 saturated heterocycles. The minimum atomic E-state index is -0.213. The molecule has 3 rings (SSSR count). The van der Waals surface area contributed by atoms with Gasteiger partial charge in [0.05, 0.1) is 5.69 Å². The highest BCUT2D eigenvalue weighted by Gasteiger charge is 2.23. The largest absolute Gasteiger partial charge is 0.368 e. The van der Waals surface area contributed by atoms with Crippen molar-refractivity contribution in [1.82, 2.24) is 10.3 Å². The molecule has 0 radical (unpaired) electrons. The predicted octanol–water partition coefficient (Wildman–Crippen LogP) is 2.92. The van der Waals surface area contributed by atoms with Gasteiger partial charge in [0, 0.05) is 38.4 Å². The second-order valence-corrected chi connectivity index (χ2v) is 6.91. The Hall–Kier alpha value is -2.15. The van der Waals surface area contributed by atoms with Crippen LogP contribution in [0, 0.1) is 5.82 Å². The molecule has 1 aromatic heterocycles. The van der Waals surface area contributed by atoms with E-state index in [-0.39, 0.29) is 11.7 Å². The molecule has 7 heteroatoms. The Bertz CT molecular complexity index is 723. The molecule has 5 nitrogen and oxygen atoms in total. The van der Waals surface area contributed by atoms with Crippen LogP contribution in [0.2, 0.25) is 0 Å². The number of rotatable bonds is 5. The van der Waals surface area contributed by atoms with Crippen LogP contribution in [-0.4, -0.2) is 43.6 Å². The molecular weight excluding hydrogens is 339 g/mol. The Labute approximate surface area is 151 Å². The molecule has 1 fully saturated rings. The van der Waals surface area contributed by atoms with E-state index in [2.05, 4.69) is 20.1 Å². The molecule has 134 valence electrons. The molecule has 25 heavy (non-hydrogen) atoms. The molecule has 1 amide bonds. The lowest BCUT2D eigenvalue weighted by atomic mass is 10.2. The summed E-state index contributed by atoms with van der Waals surface area (Å²) in [6, 6.07) is 6.62. The molecule has 0 bridgehead atoms. The van der Waals surface area contributed by atoms with Gasteiger partial charge in [0.25, 0.3) is 5.91 Å². The molecule has 1 N–H and O–H groups in total. The monoisotopic (exact) mass is 362 g/mol. The number of benzene rings is 1. The normalized spacial score (nSPS) is 14.7. The first-order valence-corrected chi connectivity index (χ1v) is 9.47. The van der Waals surface area contributed by atoms with E-state index in [0.717, 1.165) is 54.0 Å². The van der Waals surface area contributed by atoms with E-state index in [9.17, 15) is 9.18 Å². The summed E-state index contributed by atoms with van der Waals surface area (Å²) in [5.41, 5.74) is 1.91. The topological polar surface area (TPSA) is 48.5 Å². The highest BCUT2D eigenvalue weighted by atomic mass is 32.1. The van der Waals surface area contributed by atoms with E-state index in [1.165, 1.54) is 23.5 Å². The van der Waals surface area contributed by atoms with Crippen LogP contribution in [0.3, 0.4) is 0 Å². The van der Waals surface area contributed by atoms with Gasteiger partial charge in [-0.3, -0.25) is 4.79 Å². The number of thiazole rings is 1. The van der Waals surface area contributed by atoms with Crippen LogP contribution in [0.25, 0.3) is 0 Å². The van der Waals surface area contributed by atoms with Gasteiger partial charge in [-0.2, -0.15) is 0 Å². The third-order valence-corrected chi connectivity index (χ3v) is 5.46. The average Bonchev–Trinajstić information content (AvgIpc) is 3.07. The van der Waals surface area contributed by atoms with E-state index in [4.69, 9.17) is 0 Å². The Morgan fingerprint density at radius 1 is 1.16 bits per heavy atom. The smallest absolute Gasteiger partial charge is 0.263 e. The number of nitrogens with one attached hydrogen (secondary N) is 1. The number of hydrogen-bond donors (Lipinski definition) is 1. The first kappa shape index (κ1) is 17.7. The van der Waals surface area contributed by atoms with E-state index in [1.54, 1.807) is 0 Å². The standard InChI is InChI=1S/C18H23FN4OS/c1-3-15-16(17(24)20-4-2)25-18(21-15)23-11-9-22(10-12-23)14-7-5-13(19)6-8-14/h5-8H,3-4,9-12H2,1-2H3,(H,20,24). The molecular formula is C18H23FN4OS. The lowest BCUT2D eigenvalue weighted by Crippen LogP contribution is -2.46. The molecule has 0 atom stereocenters. The summed E-state index contributed by atoms with van der Waals surface area (Å²) >= 11 is 1.47. The average molecular weight is 362 g/mol. The van der Waals surface area contributed by atoms with Gasteiger partial charge in [-0.15, -0.1) is 0 Å². The summed E-state index contributed by atoms with van der Waals surface area (Å²) in [5, 5.41) is 3.77. The molecule has 0 aliphatic carbocycles. The van der Waals surface area contributed by atoms with Crippen LogP contribution in [0.1, 0.15) is 29.2 Å². The predicted molar refractivity (Wildman–Crippen MR) is 100 cm³/mol. The minimum Gasteiger partial charge on any atom is -0.368 e. The minimum absolute atomic E-state index is 0.0342. The van der Waals surface area contributed by atoms with Crippen molar-refractivity contribution in [3.63, 3.8) is 0 Å². The van der Waals surface area contributed by atoms with Crippen molar-refractivity contribution in [1.29, 1.82) is 0 Å². The Morgan fingerprint density at radius 2 is 1.80 bits per heavy atom. The van der Waals surface area contributed by atoms with Crippen LogP contribution < -0.4 is 15.1 Å². The van der Waals surface area contributed by atoms with Gasteiger partial charge >= 0.3 is 0 Å². The molecule has 0 saturated carbocycles. The molecule has 2 heterocycles. The third kappa shape index (κ3) is 3.92. The van der Waals surface area contributed by atoms with Crippen molar-refractivity contribution in [2.45, 2.75) is 20.3 Å². The number of halogens is 1. The second kappa shape index (κ2) is 7.82. The lowest BCUT2D eigenvalue weighted by Gasteiger charge is -2.36. The number of aromatic nitrogens is 1. The molecule has 1 aliphatic heterocycles. The summed E-state index contributed by atoms with van der Waals surface area (Å²) in [4.78, 5) is 22.1. The van der Waals surface area contributed by atoms with E-state index < -0.39 is 0 Å². The summed E-state index contributed by atoms with van der Waals surface area (Å²) in [5.74, 6) is -0.247. The van der Waals surface area contributed by atoms with Gasteiger partial charge in [-0.1, -0.05) is 18.3 Å². The Kier molecular flexibility index (Phi) is 5.53. The van der Waals surface area contributed by atoms with Crippen LogP contribution in [-0.2, 0) is 6.42 Å². The second-order valence-electron chi connectivity index (χ2n) is 5.94. The van der Waals surface area contributed by atoms with Gasteiger partial charge in [0.1, 0.15) is 10.7 Å². The zero-order valence-electron chi connectivity index (χ0n) is 14.6. The number of carbonyl (C=O) groups excluding carboxylic acids is 1. The van der Waals surface area contributed by atoms with Crippen molar-refractivity contribution >= 4 is 28.1 Å². The Morgan fingerprint density at radius 3 is 2.40 bits per heavy atom. The summed E-state index contributed by atoms with van der Waals surface area (Å²) in [6.45, 7) is 7.93. The molecule has 0 spiro atoms. The van der Waals surface area contributed by atoms with Crippen molar-refractivity contribution in [3.8, 4) is 0 Å². The van der Waals surface area contributed by atoms with E-state index in [1.807, 2.05) is 26.0 Å². The first-order valence-electron chi connectivity index (χ1n) is 8.65. The fourth-order valence-electron chi connectivity index (χ4n) is 2.94. The SMILES string of the molecule is CCNC(=O)c1sc(N2CCN(c3ccc(F)cc3)CC2)nc1CC. The van der Waals surface area contributed by atoms with Crippen LogP contribution in [0.4, 0.5) is 15.2 Å². The zero-order valence-corrected chi connectivity index (χ0v) is 15.4. The maximum atomic E-state index is 13.1. The number of amides is 1. The van der Waals surface area contributed by atoms with Gasteiger partial charge < -0.3 is 15.1 Å². The number of nitrogens with zero attached hydrogens (tertiary/aromatic N) is 3. The fourth-order valence-corrected chi connectivity index (χ4v) is 4.06. The van der Waals surface area contributed by atoms with Crippen molar-refractivity contribution in [3.05, 3.63) is 40.7 Å². The number of hydrogen-bond acceptors (Lipinski definition) is 5. The van der Waals surface area contributed by atoms with Gasteiger partial charge in [-0.05, 0) is 37.6 Å². The number of piperazine rings is 1. The number of aryl methyl sites for hydroxylation is 1. The maximum Gasteiger partial charge on any atom is 0.263 e. The van der Waals surface area contributed by atoms with Crippen molar-refractivity contribution in [2.24, 2.45) is 0 Å². The molecule has 1 aliphatic rings. The highest BCUT2D eigenvalue weighted by molar-refractivity contribution is 7.17. The quantitative estimate of drug-likeness (QED) is 0.888. The lowest BCUT2D eigenvalue weighted by molar-refractivity contribution is 0.0959. The molecule has 2 aromatic rings. The summed E-state index contributed by atoms with van der Waals surface area (Å²) in [7, 11) is 0. The first-order chi connectivity index (χ1) is 12.1. The number of anilines is 2. The van der Waals surface area contributed by atoms with Gasteiger partial charge in [-0.25, -0.2) is 9.37 Å². The fraction of sp³-hybridized carbons (Fsp3) is 0.444. The van der Waals surface area contributed by atoms with E-state index in [0.29, 0.717) is 6.54 Å². The van der Waals surface area contributed by atoms with Crippen molar-refractivity contribution in [2.75, 3.05) is 42.5 Å². The summed E-state index contributed by atoms with van der Waals surface area (Å²) < 4.78 is 13.1. The Balaban J connectivity index is 1.68. The van der Waals surface area contributed by atoms with E-state index >= 15 is 0 Å². The third-order valence-electron chi connectivity index (χ3n) is 4.31. The van der Waals surface area contributed by atoms with Gasteiger partial charge in [0.15, 0.2) is 5.13 Å². The summed E-state index contributed by atoms with van der Waals surface area (Å²) in [6.07, 6.45) is 0.749. The van der Waals surface area contributed by atoms with Crippen LogP contribution in [0.15, 0.2) is 24.3 Å². The van der Waals surface area contributed by atoms with Crippen LogP contribution >= 0.6 is 11.3 Å². The number of carbonyl (C=O) groups is 1. The zero-order chi connectivity index (χ0) is 17.8. The van der Waals surface area contributed by atoms with Crippen LogP contribution in [0.5, 0.6) is 0 Å². The maximum absolute atomic E-state index is 13.1. The highest BCUT2D eigenvalue weighted by Crippen LogP contribution is 2.28. The van der Waals surface area contributed by atoms with Gasteiger partial charge in [0.2, 0.25) is 0 Å².